The molecule has 0 radical (unpaired) electrons. The summed E-state index contributed by atoms with van der Waals surface area (Å²) in [5, 5.41) is 12.9. The number of nitrogens with zero attached hydrogens (tertiary/aromatic N) is 1. The van der Waals surface area contributed by atoms with Crippen LogP contribution in [-0.4, -0.2) is 22.5 Å². The average Bonchev–Trinajstić information content (AvgIpc) is 3.29. The van der Waals surface area contributed by atoms with Crippen LogP contribution in [0.2, 0.25) is 0 Å². The van der Waals surface area contributed by atoms with E-state index in [0.29, 0.717) is 0 Å². The lowest BCUT2D eigenvalue weighted by atomic mass is 9.74. The predicted octanol–water partition coefficient (Wildman–Crippen LogP) is 4.43. The number of fused-ring (bicyclic) bond motifs is 1. The van der Waals surface area contributed by atoms with Crippen molar-refractivity contribution in [1.82, 2.24) is 4.37 Å². The number of hydrogen-bond acceptors (Lipinski definition) is 4. The summed E-state index contributed by atoms with van der Waals surface area (Å²) in [6.45, 7) is 6.21. The molecule has 0 aliphatic heterocycles. The van der Waals surface area contributed by atoms with Gasteiger partial charge >= 0.3 is 5.97 Å². The third-order valence-corrected chi connectivity index (χ3v) is 6.66. The molecule has 4 rings (SSSR count). The van der Waals surface area contributed by atoms with Gasteiger partial charge in [-0.25, -0.2) is 0 Å². The van der Waals surface area contributed by atoms with Crippen LogP contribution < -0.4 is 5.32 Å². The van der Waals surface area contributed by atoms with Crippen molar-refractivity contribution in [3.63, 3.8) is 0 Å². The van der Waals surface area contributed by atoms with Crippen LogP contribution in [0.3, 0.4) is 0 Å². The summed E-state index contributed by atoms with van der Waals surface area (Å²) in [4.78, 5) is 12.8. The molecule has 0 spiro atoms. The number of aliphatic carboxylic acids is 1. The molecule has 2 aliphatic rings. The van der Waals surface area contributed by atoms with Crippen LogP contribution in [0.25, 0.3) is 6.08 Å². The maximum atomic E-state index is 11.8. The van der Waals surface area contributed by atoms with Crippen LogP contribution >= 0.6 is 11.5 Å². The molecule has 0 atom stereocenters. The van der Waals surface area contributed by atoms with Crippen LogP contribution in [0.15, 0.2) is 23.8 Å². The summed E-state index contributed by atoms with van der Waals surface area (Å²) in [7, 11) is 1.88. The van der Waals surface area contributed by atoms with Gasteiger partial charge in [0.1, 0.15) is 4.88 Å². The van der Waals surface area contributed by atoms with E-state index in [-0.39, 0.29) is 5.41 Å². The lowest BCUT2D eigenvalue weighted by Crippen LogP contribution is -2.28. The van der Waals surface area contributed by atoms with Gasteiger partial charge in [0.25, 0.3) is 0 Å². The van der Waals surface area contributed by atoms with E-state index in [0.717, 1.165) is 51.4 Å². The maximum absolute atomic E-state index is 11.8. The topological polar surface area (TPSA) is 62.2 Å². The van der Waals surface area contributed by atoms with Gasteiger partial charge < -0.3 is 10.4 Å². The number of benzene rings is 1. The number of carboxylic acid groups (broad SMARTS) is 1. The van der Waals surface area contributed by atoms with E-state index < -0.39 is 11.4 Å². The summed E-state index contributed by atoms with van der Waals surface area (Å²) in [5.41, 5.74) is 5.20. The Hall–Kier alpha value is -2.58. The molecule has 4 nitrogen and oxygen atoms in total. The van der Waals surface area contributed by atoms with Gasteiger partial charge in [0, 0.05) is 18.0 Å². The zero-order valence-corrected chi connectivity index (χ0v) is 16.8. The Balaban J connectivity index is 1.69. The standard InChI is InChI=1S/C22H22N2O2S/c1-13-19(23-4)17(27-24-13)8-6-14-5-7-15-12-18(21(2,3)16(15)11-14)22(9-10-22)20(25)26/h5,7,11-12,23H,9-10H2,1-4H3,(H,25,26). The second kappa shape index (κ2) is 5.97. The van der Waals surface area contributed by atoms with Gasteiger partial charge in [-0.3, -0.25) is 4.79 Å². The van der Waals surface area contributed by atoms with Gasteiger partial charge in [-0.1, -0.05) is 31.9 Å². The van der Waals surface area contributed by atoms with Crippen molar-refractivity contribution in [2.45, 2.75) is 39.0 Å². The fourth-order valence-electron chi connectivity index (χ4n) is 4.12. The Kier molecular flexibility index (Phi) is 3.94. The molecule has 27 heavy (non-hydrogen) atoms. The largest absolute Gasteiger partial charge is 0.481 e. The van der Waals surface area contributed by atoms with E-state index in [1.54, 1.807) is 0 Å². The number of hydrogen-bond donors (Lipinski definition) is 2. The summed E-state index contributed by atoms with van der Waals surface area (Å²) in [6.07, 6.45) is 3.55. The van der Waals surface area contributed by atoms with E-state index in [1.807, 2.05) is 20.0 Å². The predicted molar refractivity (Wildman–Crippen MR) is 109 cm³/mol. The first kappa shape index (κ1) is 17.8. The minimum atomic E-state index is -0.699. The fourth-order valence-corrected chi connectivity index (χ4v) is 4.88. The van der Waals surface area contributed by atoms with Crippen molar-refractivity contribution in [3.05, 3.63) is 51.0 Å². The number of carbonyl (C=O) groups is 1. The Morgan fingerprint density at radius 3 is 2.67 bits per heavy atom. The molecule has 2 aromatic rings. The smallest absolute Gasteiger partial charge is 0.313 e. The van der Waals surface area contributed by atoms with Gasteiger partial charge in [0.2, 0.25) is 0 Å². The van der Waals surface area contributed by atoms with Gasteiger partial charge in [-0.2, -0.15) is 4.37 Å². The summed E-state index contributed by atoms with van der Waals surface area (Å²) in [5.74, 6) is 5.77. The van der Waals surface area contributed by atoms with Gasteiger partial charge in [-0.15, -0.1) is 0 Å². The first-order valence-electron chi connectivity index (χ1n) is 9.06. The normalized spacial score (nSPS) is 18.1. The molecule has 0 unspecified atom stereocenters. The Morgan fingerprint density at radius 2 is 2.04 bits per heavy atom. The molecule has 1 aromatic carbocycles. The van der Waals surface area contributed by atoms with E-state index in [4.69, 9.17) is 0 Å². The Morgan fingerprint density at radius 1 is 1.30 bits per heavy atom. The van der Waals surface area contributed by atoms with E-state index in [9.17, 15) is 9.90 Å². The quantitative estimate of drug-likeness (QED) is 0.776. The van der Waals surface area contributed by atoms with Crippen molar-refractivity contribution >= 4 is 29.3 Å². The average molecular weight is 378 g/mol. The van der Waals surface area contributed by atoms with Crippen LogP contribution in [0.1, 0.15) is 54.0 Å². The number of aryl methyl sites for hydroxylation is 1. The zero-order valence-electron chi connectivity index (χ0n) is 15.9. The maximum Gasteiger partial charge on any atom is 0.313 e. The highest BCUT2D eigenvalue weighted by Crippen LogP contribution is 2.61. The number of nitrogens with one attached hydrogen (secondary N) is 1. The number of rotatable bonds is 3. The van der Waals surface area contributed by atoms with Crippen molar-refractivity contribution < 1.29 is 9.90 Å². The second-order valence-electron chi connectivity index (χ2n) is 7.84. The lowest BCUT2D eigenvalue weighted by Gasteiger charge is -2.29. The van der Waals surface area contributed by atoms with Gasteiger partial charge in [0.05, 0.1) is 16.8 Å². The minimum Gasteiger partial charge on any atom is -0.481 e. The van der Waals surface area contributed by atoms with Gasteiger partial charge in [-0.05, 0) is 66.1 Å². The molecule has 0 saturated heterocycles. The zero-order chi connectivity index (χ0) is 19.4. The molecule has 138 valence electrons. The lowest BCUT2D eigenvalue weighted by molar-refractivity contribution is -0.142. The monoisotopic (exact) mass is 378 g/mol. The van der Waals surface area contributed by atoms with Crippen molar-refractivity contribution in [2.75, 3.05) is 12.4 Å². The summed E-state index contributed by atoms with van der Waals surface area (Å²) < 4.78 is 4.35. The molecular formula is C22H22N2O2S. The minimum absolute atomic E-state index is 0.293. The van der Waals surface area contributed by atoms with Crippen molar-refractivity contribution in [1.29, 1.82) is 0 Å². The highest BCUT2D eigenvalue weighted by atomic mass is 32.1. The van der Waals surface area contributed by atoms with Crippen molar-refractivity contribution in [3.8, 4) is 11.8 Å². The molecule has 2 N–H and O–H groups in total. The van der Waals surface area contributed by atoms with E-state index >= 15 is 0 Å². The molecule has 1 saturated carbocycles. The van der Waals surface area contributed by atoms with Crippen molar-refractivity contribution in [2.24, 2.45) is 5.41 Å². The SMILES string of the molecule is CNc1c(C)nsc1C#Cc1ccc2c(c1)C(C)(C)C(C1(C(=O)O)CC1)=C2. The second-order valence-corrected chi connectivity index (χ2v) is 8.62. The summed E-state index contributed by atoms with van der Waals surface area (Å²) >= 11 is 1.40. The number of carboxylic acids is 1. The fraction of sp³-hybridized carbons (Fsp3) is 0.364. The Labute approximate surface area is 163 Å². The van der Waals surface area contributed by atoms with Crippen LogP contribution in [0.4, 0.5) is 5.69 Å². The first-order valence-corrected chi connectivity index (χ1v) is 9.83. The summed E-state index contributed by atoms with van der Waals surface area (Å²) in [6, 6.07) is 6.17. The van der Waals surface area contributed by atoms with E-state index in [1.165, 1.54) is 11.5 Å². The number of aromatic nitrogens is 1. The molecule has 1 heterocycles. The van der Waals surface area contributed by atoms with Crippen LogP contribution in [0, 0.1) is 24.2 Å². The van der Waals surface area contributed by atoms with Crippen LogP contribution in [-0.2, 0) is 10.2 Å². The molecular weight excluding hydrogens is 356 g/mol. The molecule has 0 bridgehead atoms. The third kappa shape index (κ3) is 2.67. The van der Waals surface area contributed by atoms with Gasteiger partial charge in [0.15, 0.2) is 0 Å². The molecule has 0 amide bonds. The molecule has 1 aromatic heterocycles. The Bertz CT molecular complexity index is 1050. The highest BCUT2D eigenvalue weighted by molar-refractivity contribution is 7.07. The van der Waals surface area contributed by atoms with E-state index in [2.05, 4.69) is 53.6 Å². The molecule has 5 heteroatoms. The van der Waals surface area contributed by atoms with Crippen LogP contribution in [0.5, 0.6) is 0 Å². The molecule has 2 aliphatic carbocycles. The first-order chi connectivity index (χ1) is 12.8. The highest BCUT2D eigenvalue weighted by Gasteiger charge is 2.58. The third-order valence-electron chi connectivity index (χ3n) is 5.81. The molecule has 1 fully saturated rings. The number of anilines is 1.